The Kier molecular flexibility index (Phi) is 5.44. The molecule has 0 atom stereocenters. The second kappa shape index (κ2) is 7.31. The van der Waals surface area contributed by atoms with E-state index in [2.05, 4.69) is 14.9 Å². The third-order valence-corrected chi connectivity index (χ3v) is 3.31. The highest BCUT2D eigenvalue weighted by molar-refractivity contribution is 6.33. The predicted molar refractivity (Wildman–Crippen MR) is 82.8 cm³/mol. The van der Waals surface area contributed by atoms with Crippen LogP contribution in [0.3, 0.4) is 0 Å². The molecule has 5 heteroatoms. The Balaban J connectivity index is 2.02. The van der Waals surface area contributed by atoms with Gasteiger partial charge in [0.15, 0.2) is 0 Å². The summed E-state index contributed by atoms with van der Waals surface area (Å²) in [6, 6.07) is 5.89. The van der Waals surface area contributed by atoms with Gasteiger partial charge in [-0.25, -0.2) is 4.98 Å². The average molecular weight is 294 g/mol. The lowest BCUT2D eigenvalue weighted by molar-refractivity contribution is 0.142. The topological polar surface area (TPSA) is 39.1 Å². The number of imidazole rings is 1. The van der Waals surface area contributed by atoms with Crippen LogP contribution in [-0.4, -0.2) is 22.8 Å². The Morgan fingerprint density at radius 3 is 3.05 bits per heavy atom. The fraction of sp³-hybridized carbons (Fsp3) is 0.400. The van der Waals surface area contributed by atoms with Crippen LogP contribution in [0, 0.1) is 6.92 Å². The van der Waals surface area contributed by atoms with E-state index in [9.17, 15) is 0 Å². The molecular weight excluding hydrogens is 274 g/mol. The minimum Gasteiger partial charge on any atom is -0.382 e. The number of benzene rings is 1. The first-order valence-corrected chi connectivity index (χ1v) is 7.20. The molecule has 0 saturated carbocycles. The fourth-order valence-electron chi connectivity index (χ4n) is 1.95. The number of ether oxygens (including phenoxy) is 1. The normalized spacial score (nSPS) is 10.8. The minimum atomic E-state index is 0.694. The minimum absolute atomic E-state index is 0.694. The summed E-state index contributed by atoms with van der Waals surface area (Å²) in [4.78, 5) is 4.33. The van der Waals surface area contributed by atoms with Gasteiger partial charge in [0.25, 0.3) is 0 Å². The van der Waals surface area contributed by atoms with E-state index in [-0.39, 0.29) is 0 Å². The predicted octanol–water partition coefficient (Wildman–Crippen LogP) is 4.02. The maximum Gasteiger partial charge on any atom is 0.207 e. The van der Waals surface area contributed by atoms with Crippen molar-refractivity contribution in [3.05, 3.63) is 41.2 Å². The maximum atomic E-state index is 6.19. The molecule has 2 aromatic rings. The van der Waals surface area contributed by atoms with E-state index < -0.39 is 0 Å². The van der Waals surface area contributed by atoms with Crippen molar-refractivity contribution in [2.75, 3.05) is 18.5 Å². The summed E-state index contributed by atoms with van der Waals surface area (Å²) < 4.78 is 7.42. The van der Waals surface area contributed by atoms with Crippen LogP contribution in [0.1, 0.15) is 18.9 Å². The Morgan fingerprint density at radius 1 is 1.40 bits per heavy atom. The van der Waals surface area contributed by atoms with Gasteiger partial charge < -0.3 is 14.6 Å². The molecule has 2 rings (SSSR count). The number of hydrogen-bond donors (Lipinski definition) is 1. The van der Waals surface area contributed by atoms with Gasteiger partial charge in [-0.05, 0) is 38.0 Å². The van der Waals surface area contributed by atoms with E-state index in [1.807, 2.05) is 38.2 Å². The van der Waals surface area contributed by atoms with Gasteiger partial charge in [-0.2, -0.15) is 0 Å². The second-order valence-corrected chi connectivity index (χ2v) is 5.01. The molecule has 0 spiro atoms. The average Bonchev–Trinajstić information content (AvgIpc) is 2.86. The maximum absolute atomic E-state index is 6.19. The first-order chi connectivity index (χ1) is 9.70. The van der Waals surface area contributed by atoms with Gasteiger partial charge in [0.1, 0.15) is 0 Å². The van der Waals surface area contributed by atoms with Crippen molar-refractivity contribution in [1.82, 2.24) is 9.55 Å². The molecule has 0 aliphatic carbocycles. The lowest BCUT2D eigenvalue weighted by Crippen LogP contribution is -2.06. The third-order valence-electron chi connectivity index (χ3n) is 2.98. The van der Waals surface area contributed by atoms with E-state index in [0.717, 1.165) is 43.4 Å². The largest absolute Gasteiger partial charge is 0.382 e. The summed E-state index contributed by atoms with van der Waals surface area (Å²) in [5.74, 6) is 0.800. The molecule has 20 heavy (non-hydrogen) atoms. The van der Waals surface area contributed by atoms with Crippen molar-refractivity contribution in [2.45, 2.75) is 26.8 Å². The molecule has 1 aromatic heterocycles. The van der Waals surface area contributed by atoms with E-state index in [0.29, 0.717) is 5.02 Å². The van der Waals surface area contributed by atoms with Gasteiger partial charge in [-0.15, -0.1) is 0 Å². The van der Waals surface area contributed by atoms with Crippen LogP contribution in [-0.2, 0) is 11.3 Å². The summed E-state index contributed by atoms with van der Waals surface area (Å²) in [5.41, 5.74) is 2.04. The van der Waals surface area contributed by atoms with Gasteiger partial charge in [0.05, 0.1) is 10.7 Å². The lowest BCUT2D eigenvalue weighted by Gasteiger charge is -2.11. The Bertz CT molecular complexity index is 554. The van der Waals surface area contributed by atoms with Crippen LogP contribution in [0.4, 0.5) is 11.6 Å². The van der Waals surface area contributed by atoms with Crippen LogP contribution in [0.15, 0.2) is 30.6 Å². The number of anilines is 2. The van der Waals surface area contributed by atoms with Crippen molar-refractivity contribution >= 4 is 23.2 Å². The van der Waals surface area contributed by atoms with Crippen LogP contribution in [0.5, 0.6) is 0 Å². The first kappa shape index (κ1) is 14.9. The quantitative estimate of drug-likeness (QED) is 0.784. The monoisotopic (exact) mass is 293 g/mol. The highest BCUT2D eigenvalue weighted by Crippen LogP contribution is 2.25. The summed E-state index contributed by atoms with van der Waals surface area (Å²) in [5, 5.41) is 3.98. The molecule has 1 N–H and O–H groups in total. The number of nitrogens with one attached hydrogen (secondary N) is 1. The first-order valence-electron chi connectivity index (χ1n) is 6.82. The van der Waals surface area contributed by atoms with E-state index in [4.69, 9.17) is 16.3 Å². The van der Waals surface area contributed by atoms with E-state index in [1.54, 1.807) is 6.20 Å². The molecule has 0 radical (unpaired) electrons. The smallest absolute Gasteiger partial charge is 0.207 e. The van der Waals surface area contributed by atoms with Gasteiger partial charge in [-0.1, -0.05) is 17.7 Å². The number of nitrogens with zero attached hydrogens (tertiary/aromatic N) is 2. The van der Waals surface area contributed by atoms with Crippen molar-refractivity contribution in [1.29, 1.82) is 0 Å². The number of rotatable bonds is 7. The number of aromatic nitrogens is 2. The van der Waals surface area contributed by atoms with Crippen molar-refractivity contribution in [2.24, 2.45) is 0 Å². The molecule has 0 aliphatic heterocycles. The zero-order valence-corrected chi connectivity index (χ0v) is 12.7. The molecule has 108 valence electrons. The van der Waals surface area contributed by atoms with Crippen LogP contribution < -0.4 is 5.32 Å². The summed E-state index contributed by atoms with van der Waals surface area (Å²) in [6.45, 7) is 6.43. The van der Waals surface area contributed by atoms with Crippen molar-refractivity contribution in [3.8, 4) is 0 Å². The highest BCUT2D eigenvalue weighted by atomic mass is 35.5. The standard InChI is InChI=1S/C15H20ClN3O/c1-3-20-10-4-8-19-9-7-17-15(19)18-14-11-12(2)5-6-13(14)16/h5-7,9,11H,3-4,8,10H2,1-2H3,(H,17,18). The molecule has 1 heterocycles. The van der Waals surface area contributed by atoms with Crippen molar-refractivity contribution < 1.29 is 4.74 Å². The fourth-order valence-corrected chi connectivity index (χ4v) is 2.12. The third kappa shape index (κ3) is 3.99. The number of aryl methyl sites for hydroxylation is 2. The summed E-state index contributed by atoms with van der Waals surface area (Å²) in [6.07, 6.45) is 4.70. The zero-order valence-electron chi connectivity index (χ0n) is 11.9. The summed E-state index contributed by atoms with van der Waals surface area (Å²) in [7, 11) is 0. The van der Waals surface area contributed by atoms with Crippen LogP contribution in [0.2, 0.25) is 5.02 Å². The molecule has 0 bridgehead atoms. The summed E-state index contributed by atoms with van der Waals surface area (Å²) >= 11 is 6.19. The lowest BCUT2D eigenvalue weighted by atomic mass is 10.2. The van der Waals surface area contributed by atoms with Gasteiger partial charge in [0.2, 0.25) is 5.95 Å². The Labute approximate surface area is 124 Å². The van der Waals surface area contributed by atoms with Crippen LogP contribution in [0.25, 0.3) is 0 Å². The second-order valence-electron chi connectivity index (χ2n) is 4.60. The van der Waals surface area contributed by atoms with Gasteiger partial charge in [0, 0.05) is 32.2 Å². The molecule has 0 unspecified atom stereocenters. The highest BCUT2D eigenvalue weighted by Gasteiger charge is 2.06. The van der Waals surface area contributed by atoms with Crippen LogP contribution >= 0.6 is 11.6 Å². The number of hydrogen-bond acceptors (Lipinski definition) is 3. The Hall–Kier alpha value is -1.52. The van der Waals surface area contributed by atoms with Gasteiger partial charge in [-0.3, -0.25) is 0 Å². The van der Waals surface area contributed by atoms with E-state index in [1.165, 1.54) is 0 Å². The molecule has 0 amide bonds. The molecular formula is C15H20ClN3O. The molecule has 0 saturated heterocycles. The Morgan fingerprint density at radius 2 is 2.25 bits per heavy atom. The van der Waals surface area contributed by atoms with Gasteiger partial charge >= 0.3 is 0 Å². The molecule has 1 aromatic carbocycles. The zero-order chi connectivity index (χ0) is 14.4. The molecule has 4 nitrogen and oxygen atoms in total. The number of halogens is 1. The SMILES string of the molecule is CCOCCCn1ccnc1Nc1cc(C)ccc1Cl. The molecule has 0 aliphatic rings. The van der Waals surface area contributed by atoms with E-state index >= 15 is 0 Å². The molecule has 0 fully saturated rings. The van der Waals surface area contributed by atoms with Crippen molar-refractivity contribution in [3.63, 3.8) is 0 Å².